The van der Waals surface area contributed by atoms with Gasteiger partial charge in [-0.05, 0) is 42.5 Å². The first-order valence-corrected chi connectivity index (χ1v) is 7.07. The second kappa shape index (κ2) is 5.48. The number of fused-ring (bicyclic) bond motifs is 1. The molecule has 0 bridgehead atoms. The number of halogens is 3. The van der Waals surface area contributed by atoms with Crippen LogP contribution in [-0.2, 0) is 0 Å². The van der Waals surface area contributed by atoms with E-state index in [4.69, 9.17) is 0 Å². The summed E-state index contributed by atoms with van der Waals surface area (Å²) in [4.78, 5) is 3.79. The molecule has 0 aliphatic heterocycles. The number of hydrogen-bond acceptors (Lipinski definition) is 3. The minimum Gasteiger partial charge on any atom is -0.277 e. The Hall–Kier alpha value is -3.16. The maximum absolute atomic E-state index is 13.1. The van der Waals surface area contributed by atoms with E-state index in [0.717, 1.165) is 16.5 Å². The van der Waals surface area contributed by atoms with E-state index in [1.807, 2.05) is 0 Å². The molecule has 0 saturated carbocycles. The molecule has 0 radical (unpaired) electrons. The highest BCUT2D eigenvalue weighted by Gasteiger charge is 2.15. The number of alkyl halides is 2. The maximum atomic E-state index is 13.1. The molecule has 0 aliphatic rings. The van der Waals surface area contributed by atoms with Crippen LogP contribution in [0.2, 0.25) is 0 Å². The van der Waals surface area contributed by atoms with Crippen molar-refractivity contribution in [1.82, 2.24) is 25.4 Å². The zero-order valence-electron chi connectivity index (χ0n) is 12.1. The summed E-state index contributed by atoms with van der Waals surface area (Å²) in [5, 5.41) is 13.9. The fourth-order valence-corrected chi connectivity index (χ4v) is 2.48. The Labute approximate surface area is 133 Å². The van der Waals surface area contributed by atoms with Crippen molar-refractivity contribution in [2.45, 2.75) is 6.43 Å². The average molecular weight is 329 g/mol. The van der Waals surface area contributed by atoms with Crippen LogP contribution in [0.5, 0.6) is 0 Å². The molecule has 0 fully saturated rings. The van der Waals surface area contributed by atoms with Gasteiger partial charge in [-0.1, -0.05) is 0 Å². The predicted molar refractivity (Wildman–Crippen MR) is 81.8 cm³/mol. The summed E-state index contributed by atoms with van der Waals surface area (Å²) in [6.45, 7) is 0. The van der Waals surface area contributed by atoms with Gasteiger partial charge < -0.3 is 0 Å². The number of aromatic amines is 2. The summed E-state index contributed by atoms with van der Waals surface area (Å²) < 4.78 is 38.4. The fraction of sp³-hybridized carbons (Fsp3) is 0.0625. The van der Waals surface area contributed by atoms with Gasteiger partial charge in [0.25, 0.3) is 6.43 Å². The van der Waals surface area contributed by atoms with Crippen LogP contribution in [0.1, 0.15) is 12.2 Å². The van der Waals surface area contributed by atoms with Crippen molar-refractivity contribution in [3.05, 3.63) is 54.1 Å². The number of aromatic nitrogens is 5. The Morgan fingerprint density at radius 1 is 0.875 bits per heavy atom. The Morgan fingerprint density at radius 2 is 1.62 bits per heavy atom. The average Bonchev–Trinajstić information content (AvgIpc) is 3.22. The molecule has 2 aromatic carbocycles. The standard InChI is InChI=1S/C16H10F3N5/c17-10-4-1-8(2-5-10)13-11-7-9(3-6-12(11)21-22-13)15-20-16(14(18)19)24-23-15/h1-7,14H,(H,21,22)(H,20,23,24). The van der Waals surface area contributed by atoms with Crippen molar-refractivity contribution in [3.63, 3.8) is 0 Å². The SMILES string of the molecule is Fc1ccc(-c2n[nH]c3ccc(-c4n[nH]c(C(F)F)n4)cc23)cc1. The smallest absolute Gasteiger partial charge is 0.277 e. The first kappa shape index (κ1) is 14.4. The van der Waals surface area contributed by atoms with E-state index in [2.05, 4.69) is 25.4 Å². The van der Waals surface area contributed by atoms with Crippen molar-refractivity contribution < 1.29 is 13.2 Å². The van der Waals surface area contributed by atoms with Gasteiger partial charge in [-0.25, -0.2) is 18.2 Å². The minimum absolute atomic E-state index is 0.179. The van der Waals surface area contributed by atoms with Gasteiger partial charge in [-0.2, -0.15) is 10.2 Å². The molecule has 120 valence electrons. The van der Waals surface area contributed by atoms with Crippen LogP contribution in [0.4, 0.5) is 13.2 Å². The van der Waals surface area contributed by atoms with Crippen LogP contribution < -0.4 is 0 Å². The first-order valence-electron chi connectivity index (χ1n) is 7.07. The van der Waals surface area contributed by atoms with E-state index in [1.54, 1.807) is 30.3 Å². The van der Waals surface area contributed by atoms with Gasteiger partial charge in [-0.15, -0.1) is 0 Å². The number of nitrogens with zero attached hydrogens (tertiary/aromatic N) is 3. The van der Waals surface area contributed by atoms with Crippen LogP contribution in [0.3, 0.4) is 0 Å². The van der Waals surface area contributed by atoms with Crippen molar-refractivity contribution in [3.8, 4) is 22.6 Å². The third kappa shape index (κ3) is 2.41. The minimum atomic E-state index is -2.71. The molecule has 5 nitrogen and oxygen atoms in total. The highest BCUT2D eigenvalue weighted by atomic mass is 19.3. The molecule has 0 saturated heterocycles. The van der Waals surface area contributed by atoms with Crippen LogP contribution in [-0.4, -0.2) is 25.4 Å². The number of H-pyrrole nitrogens is 2. The highest BCUT2D eigenvalue weighted by molar-refractivity contribution is 5.95. The van der Waals surface area contributed by atoms with Crippen LogP contribution in [0.25, 0.3) is 33.5 Å². The van der Waals surface area contributed by atoms with Gasteiger partial charge in [0.05, 0.1) is 11.2 Å². The molecule has 2 heterocycles. The summed E-state index contributed by atoms with van der Waals surface area (Å²) in [5.41, 5.74) is 2.72. The molecule has 0 spiro atoms. The molecular weight excluding hydrogens is 319 g/mol. The summed E-state index contributed by atoms with van der Waals surface area (Å²) in [7, 11) is 0. The summed E-state index contributed by atoms with van der Waals surface area (Å²) in [5.74, 6) is -0.631. The summed E-state index contributed by atoms with van der Waals surface area (Å²) in [6.07, 6.45) is -2.71. The van der Waals surface area contributed by atoms with E-state index in [-0.39, 0.29) is 11.6 Å². The molecule has 0 amide bonds. The lowest BCUT2D eigenvalue weighted by Crippen LogP contribution is -1.86. The van der Waals surface area contributed by atoms with Crippen LogP contribution >= 0.6 is 0 Å². The monoisotopic (exact) mass is 329 g/mol. The number of nitrogens with one attached hydrogen (secondary N) is 2. The lowest BCUT2D eigenvalue weighted by atomic mass is 10.1. The molecular formula is C16H10F3N5. The summed E-state index contributed by atoms with van der Waals surface area (Å²) in [6, 6.07) is 11.2. The van der Waals surface area contributed by atoms with E-state index in [1.165, 1.54) is 12.1 Å². The molecule has 2 aromatic heterocycles. The van der Waals surface area contributed by atoms with Gasteiger partial charge in [0.1, 0.15) is 5.82 Å². The molecule has 4 aromatic rings. The van der Waals surface area contributed by atoms with Gasteiger partial charge in [0, 0.05) is 16.5 Å². The third-order valence-corrected chi connectivity index (χ3v) is 3.65. The molecule has 2 N–H and O–H groups in total. The first-order chi connectivity index (χ1) is 11.6. The Morgan fingerprint density at radius 3 is 2.33 bits per heavy atom. The molecule has 0 unspecified atom stereocenters. The van der Waals surface area contributed by atoms with Crippen LogP contribution in [0.15, 0.2) is 42.5 Å². The molecule has 24 heavy (non-hydrogen) atoms. The molecule has 0 aliphatic carbocycles. The number of hydrogen-bond donors (Lipinski definition) is 2. The lowest BCUT2D eigenvalue weighted by Gasteiger charge is -2.00. The maximum Gasteiger partial charge on any atom is 0.296 e. The van der Waals surface area contributed by atoms with Gasteiger partial charge in [-0.3, -0.25) is 10.2 Å². The molecule has 8 heteroatoms. The number of benzene rings is 2. The second-order valence-electron chi connectivity index (χ2n) is 5.18. The summed E-state index contributed by atoms with van der Waals surface area (Å²) >= 11 is 0. The van der Waals surface area contributed by atoms with E-state index >= 15 is 0 Å². The van der Waals surface area contributed by atoms with E-state index < -0.39 is 12.2 Å². The van der Waals surface area contributed by atoms with E-state index in [0.29, 0.717) is 11.3 Å². The zero-order chi connectivity index (χ0) is 16.7. The predicted octanol–water partition coefficient (Wildman–Crippen LogP) is 4.09. The van der Waals surface area contributed by atoms with Crippen molar-refractivity contribution >= 4 is 10.9 Å². The Kier molecular flexibility index (Phi) is 3.30. The van der Waals surface area contributed by atoms with Gasteiger partial charge in [0.15, 0.2) is 11.6 Å². The lowest BCUT2D eigenvalue weighted by molar-refractivity contribution is 0.141. The largest absolute Gasteiger partial charge is 0.296 e. The second-order valence-corrected chi connectivity index (χ2v) is 5.18. The quantitative estimate of drug-likeness (QED) is 0.595. The van der Waals surface area contributed by atoms with Crippen molar-refractivity contribution in [1.29, 1.82) is 0 Å². The third-order valence-electron chi connectivity index (χ3n) is 3.65. The molecule has 0 atom stereocenters. The Bertz CT molecular complexity index is 1000. The van der Waals surface area contributed by atoms with Crippen molar-refractivity contribution in [2.75, 3.05) is 0 Å². The number of rotatable bonds is 3. The zero-order valence-corrected chi connectivity index (χ0v) is 12.1. The fourth-order valence-electron chi connectivity index (χ4n) is 2.48. The highest BCUT2D eigenvalue weighted by Crippen LogP contribution is 2.30. The van der Waals surface area contributed by atoms with E-state index in [9.17, 15) is 13.2 Å². The van der Waals surface area contributed by atoms with Crippen LogP contribution in [0, 0.1) is 5.82 Å². The van der Waals surface area contributed by atoms with Crippen molar-refractivity contribution in [2.24, 2.45) is 0 Å². The Balaban J connectivity index is 1.82. The van der Waals surface area contributed by atoms with Gasteiger partial charge >= 0.3 is 0 Å². The molecule has 4 rings (SSSR count). The normalized spacial score (nSPS) is 11.5. The topological polar surface area (TPSA) is 70.2 Å². The van der Waals surface area contributed by atoms with Gasteiger partial charge in [0.2, 0.25) is 0 Å².